The second-order valence-corrected chi connectivity index (χ2v) is 5.52. The zero-order valence-corrected chi connectivity index (χ0v) is 13.2. The van der Waals surface area contributed by atoms with Gasteiger partial charge < -0.3 is 10.5 Å². The molecule has 0 spiro atoms. The molecule has 0 fully saturated rings. The smallest absolute Gasteiger partial charge is 0.212 e. The van der Waals surface area contributed by atoms with Crippen LogP contribution in [0.4, 0.5) is 0 Å². The summed E-state index contributed by atoms with van der Waals surface area (Å²) >= 11 is 3.47. The first-order chi connectivity index (χ1) is 9.58. The SMILES string of the molecule is CCC(N)Cc1cc(Br)ccc1OCc1nnn(C)n1. The van der Waals surface area contributed by atoms with E-state index in [0.717, 1.165) is 28.6 Å². The number of hydrogen-bond donors (Lipinski definition) is 1. The molecule has 2 rings (SSSR count). The Morgan fingerprint density at radius 1 is 1.45 bits per heavy atom. The van der Waals surface area contributed by atoms with E-state index in [-0.39, 0.29) is 6.04 Å². The molecule has 20 heavy (non-hydrogen) atoms. The van der Waals surface area contributed by atoms with Crippen molar-refractivity contribution in [3.63, 3.8) is 0 Å². The number of ether oxygens (including phenoxy) is 1. The third kappa shape index (κ3) is 4.01. The summed E-state index contributed by atoms with van der Waals surface area (Å²) in [4.78, 5) is 1.41. The van der Waals surface area contributed by atoms with Crippen LogP contribution in [0.3, 0.4) is 0 Å². The van der Waals surface area contributed by atoms with Gasteiger partial charge in [-0.2, -0.15) is 4.80 Å². The first kappa shape index (κ1) is 14.9. The summed E-state index contributed by atoms with van der Waals surface area (Å²) in [5.41, 5.74) is 7.11. The second kappa shape index (κ2) is 6.81. The number of benzene rings is 1. The van der Waals surface area contributed by atoms with Crippen molar-refractivity contribution in [2.75, 3.05) is 0 Å². The summed E-state index contributed by atoms with van der Waals surface area (Å²) in [6.07, 6.45) is 1.71. The molecule has 2 aromatic rings. The van der Waals surface area contributed by atoms with E-state index in [2.05, 4.69) is 38.3 Å². The molecule has 0 saturated heterocycles. The lowest BCUT2D eigenvalue weighted by atomic mass is 10.0. The van der Waals surface area contributed by atoms with Gasteiger partial charge >= 0.3 is 0 Å². The van der Waals surface area contributed by atoms with E-state index < -0.39 is 0 Å². The van der Waals surface area contributed by atoms with Crippen molar-refractivity contribution in [2.45, 2.75) is 32.4 Å². The molecule has 1 aromatic heterocycles. The van der Waals surface area contributed by atoms with Gasteiger partial charge in [0.1, 0.15) is 5.75 Å². The van der Waals surface area contributed by atoms with Crippen LogP contribution in [-0.2, 0) is 20.1 Å². The molecule has 0 amide bonds. The number of hydrogen-bond acceptors (Lipinski definition) is 5. The van der Waals surface area contributed by atoms with Crippen LogP contribution in [0.15, 0.2) is 22.7 Å². The van der Waals surface area contributed by atoms with Gasteiger partial charge in [0.05, 0.1) is 7.05 Å². The largest absolute Gasteiger partial charge is 0.485 e. The van der Waals surface area contributed by atoms with Crippen LogP contribution < -0.4 is 10.5 Å². The van der Waals surface area contributed by atoms with Gasteiger partial charge in [-0.3, -0.25) is 0 Å². The van der Waals surface area contributed by atoms with Gasteiger partial charge in [-0.15, -0.1) is 10.2 Å². The third-order valence-corrected chi connectivity index (χ3v) is 3.43. The predicted octanol–water partition coefficient (Wildman–Crippen LogP) is 1.83. The van der Waals surface area contributed by atoms with Crippen molar-refractivity contribution >= 4 is 15.9 Å². The lowest BCUT2D eigenvalue weighted by Gasteiger charge is -2.14. The van der Waals surface area contributed by atoms with Gasteiger partial charge in [0, 0.05) is 10.5 Å². The summed E-state index contributed by atoms with van der Waals surface area (Å²) in [5, 5.41) is 11.8. The number of tetrazole rings is 1. The first-order valence-electron chi connectivity index (χ1n) is 6.48. The van der Waals surface area contributed by atoms with Gasteiger partial charge in [0.2, 0.25) is 5.82 Å². The van der Waals surface area contributed by atoms with Crippen LogP contribution in [-0.4, -0.2) is 26.2 Å². The Bertz CT molecular complexity index is 572. The lowest BCUT2D eigenvalue weighted by molar-refractivity contribution is 0.291. The molecule has 6 nitrogen and oxygen atoms in total. The minimum atomic E-state index is 0.126. The molecule has 1 atom stereocenters. The second-order valence-electron chi connectivity index (χ2n) is 4.61. The van der Waals surface area contributed by atoms with Crippen molar-refractivity contribution in [1.82, 2.24) is 20.2 Å². The molecule has 0 aliphatic rings. The summed E-state index contributed by atoms with van der Waals surface area (Å²) in [6, 6.07) is 6.04. The highest BCUT2D eigenvalue weighted by Crippen LogP contribution is 2.25. The van der Waals surface area contributed by atoms with Gasteiger partial charge in [-0.25, -0.2) is 0 Å². The van der Waals surface area contributed by atoms with Crippen LogP contribution in [0.1, 0.15) is 24.7 Å². The molecule has 0 bridgehead atoms. The molecule has 0 radical (unpaired) electrons. The van der Waals surface area contributed by atoms with E-state index >= 15 is 0 Å². The Kier molecular flexibility index (Phi) is 5.08. The van der Waals surface area contributed by atoms with Gasteiger partial charge in [0.25, 0.3) is 0 Å². The monoisotopic (exact) mass is 339 g/mol. The first-order valence-corrected chi connectivity index (χ1v) is 7.27. The minimum Gasteiger partial charge on any atom is -0.485 e. The average molecular weight is 340 g/mol. The van der Waals surface area contributed by atoms with Crippen LogP contribution in [0.2, 0.25) is 0 Å². The lowest BCUT2D eigenvalue weighted by Crippen LogP contribution is -2.21. The molecule has 0 saturated carbocycles. The van der Waals surface area contributed by atoms with Crippen molar-refractivity contribution < 1.29 is 4.74 Å². The van der Waals surface area contributed by atoms with Crippen LogP contribution in [0.25, 0.3) is 0 Å². The van der Waals surface area contributed by atoms with Crippen molar-refractivity contribution in [2.24, 2.45) is 12.8 Å². The molecule has 0 aliphatic carbocycles. The predicted molar refractivity (Wildman–Crippen MR) is 79.2 cm³/mol. The Hall–Kier alpha value is -1.47. The van der Waals surface area contributed by atoms with E-state index in [1.807, 2.05) is 18.2 Å². The maximum absolute atomic E-state index is 6.03. The highest BCUT2D eigenvalue weighted by molar-refractivity contribution is 9.10. The van der Waals surface area contributed by atoms with Gasteiger partial charge in [-0.05, 0) is 41.8 Å². The summed E-state index contributed by atoms with van der Waals surface area (Å²) in [5.74, 6) is 1.37. The zero-order chi connectivity index (χ0) is 14.5. The van der Waals surface area contributed by atoms with E-state index in [1.54, 1.807) is 7.05 Å². The Balaban J connectivity index is 2.09. The standard InChI is InChI=1S/C13H18BrN5O/c1-3-11(15)7-9-6-10(14)4-5-12(9)20-8-13-16-18-19(2)17-13/h4-6,11H,3,7-8,15H2,1-2H3. The number of halogens is 1. The normalized spacial score (nSPS) is 12.4. The number of nitrogens with two attached hydrogens (primary N) is 1. The molecule has 2 N–H and O–H groups in total. The Labute approximate surface area is 126 Å². The highest BCUT2D eigenvalue weighted by Gasteiger charge is 2.10. The highest BCUT2D eigenvalue weighted by atomic mass is 79.9. The summed E-state index contributed by atoms with van der Waals surface area (Å²) in [7, 11) is 1.72. The number of aryl methyl sites for hydroxylation is 1. The summed E-state index contributed by atoms with van der Waals surface area (Å²) < 4.78 is 6.80. The fraction of sp³-hybridized carbons (Fsp3) is 0.462. The van der Waals surface area contributed by atoms with E-state index in [4.69, 9.17) is 10.5 Å². The van der Waals surface area contributed by atoms with Gasteiger partial charge in [0.15, 0.2) is 6.61 Å². The van der Waals surface area contributed by atoms with Gasteiger partial charge in [-0.1, -0.05) is 22.9 Å². The molecule has 7 heteroatoms. The van der Waals surface area contributed by atoms with E-state index in [1.165, 1.54) is 4.80 Å². The fourth-order valence-corrected chi connectivity index (χ4v) is 2.21. The number of rotatable bonds is 6. The van der Waals surface area contributed by atoms with Crippen LogP contribution in [0.5, 0.6) is 5.75 Å². The molecule has 1 aromatic carbocycles. The minimum absolute atomic E-state index is 0.126. The third-order valence-electron chi connectivity index (χ3n) is 2.94. The zero-order valence-electron chi connectivity index (χ0n) is 11.6. The van der Waals surface area contributed by atoms with Crippen molar-refractivity contribution in [3.05, 3.63) is 34.1 Å². The summed E-state index contributed by atoms with van der Waals surface area (Å²) in [6.45, 7) is 2.37. The number of aromatic nitrogens is 4. The Morgan fingerprint density at radius 3 is 2.90 bits per heavy atom. The van der Waals surface area contributed by atoms with Crippen molar-refractivity contribution in [3.8, 4) is 5.75 Å². The molecule has 1 unspecified atom stereocenters. The molecular formula is C13H18BrN5O. The van der Waals surface area contributed by atoms with E-state index in [0.29, 0.717) is 12.4 Å². The van der Waals surface area contributed by atoms with E-state index in [9.17, 15) is 0 Å². The van der Waals surface area contributed by atoms with Crippen molar-refractivity contribution in [1.29, 1.82) is 0 Å². The fourth-order valence-electron chi connectivity index (χ4n) is 1.80. The quantitative estimate of drug-likeness (QED) is 0.868. The number of nitrogens with zero attached hydrogens (tertiary/aromatic N) is 4. The topological polar surface area (TPSA) is 78.9 Å². The van der Waals surface area contributed by atoms with Crippen LogP contribution >= 0.6 is 15.9 Å². The van der Waals surface area contributed by atoms with Crippen LogP contribution in [0, 0.1) is 0 Å². The molecule has 0 aliphatic heterocycles. The molecule has 108 valence electrons. The Morgan fingerprint density at radius 2 is 2.25 bits per heavy atom. The maximum Gasteiger partial charge on any atom is 0.212 e. The maximum atomic E-state index is 6.03. The molecule has 1 heterocycles. The molecular weight excluding hydrogens is 322 g/mol. The average Bonchev–Trinajstić information content (AvgIpc) is 2.83.